The zero-order chi connectivity index (χ0) is 18.9. The average Bonchev–Trinajstić information content (AvgIpc) is 3.18. The summed E-state index contributed by atoms with van der Waals surface area (Å²) >= 11 is 5.33. The Kier molecular flexibility index (Phi) is 14.5. The van der Waals surface area contributed by atoms with Crippen molar-refractivity contribution in [1.29, 1.82) is 0 Å². The van der Waals surface area contributed by atoms with Gasteiger partial charge in [0.2, 0.25) is 0 Å². The van der Waals surface area contributed by atoms with E-state index in [4.69, 9.17) is 9.30 Å². The molecule has 1 aliphatic carbocycles. The molecule has 0 amide bonds. The van der Waals surface area contributed by atoms with E-state index in [-0.39, 0.29) is 0 Å². The fourth-order valence-electron chi connectivity index (χ4n) is 1.69. The monoisotopic (exact) mass is 388 g/mol. The fourth-order valence-corrected chi connectivity index (χ4v) is 3.06. The van der Waals surface area contributed by atoms with Gasteiger partial charge < -0.3 is 0 Å². The van der Waals surface area contributed by atoms with Crippen molar-refractivity contribution in [3.05, 3.63) is 110 Å². The second kappa shape index (κ2) is 15.7. The third-order valence-corrected chi connectivity index (χ3v) is 4.41. The van der Waals surface area contributed by atoms with Gasteiger partial charge in [0, 0.05) is 6.42 Å². The molecule has 2 aromatic carbocycles. The summed E-state index contributed by atoms with van der Waals surface area (Å²) < 4.78 is 16.1. The first-order valence-electron chi connectivity index (χ1n) is 7.15. The van der Waals surface area contributed by atoms with Crippen LogP contribution in [0.25, 0.3) is 0 Å². The van der Waals surface area contributed by atoms with Crippen LogP contribution < -0.4 is 0 Å². The van der Waals surface area contributed by atoms with Gasteiger partial charge in [0.05, 0.1) is 0 Å². The number of allylic oxidation sites excluding steroid dienone is 4. The summed E-state index contributed by atoms with van der Waals surface area (Å²) in [4.78, 5) is 1.24. The van der Waals surface area contributed by atoms with E-state index in [1.54, 1.807) is 11.8 Å². The maximum atomic E-state index is 7.50. The SMILES string of the molecule is CC1=CC=C[CH]1.[C-]#[O+].[C-]#[O+].[Mn]=[C](Sc1ccccc1)c1ccccc1. The Morgan fingerprint density at radius 1 is 0.840 bits per heavy atom. The second-order valence-electron chi connectivity index (χ2n) is 4.52. The van der Waals surface area contributed by atoms with Crippen LogP contribution in [0, 0.1) is 19.7 Å². The molecule has 0 atom stereocenters. The van der Waals surface area contributed by atoms with Gasteiger partial charge >= 0.3 is 125 Å². The van der Waals surface area contributed by atoms with Crippen LogP contribution in [-0.2, 0) is 24.9 Å². The van der Waals surface area contributed by atoms with Crippen molar-refractivity contribution in [3.8, 4) is 0 Å². The van der Waals surface area contributed by atoms with Crippen LogP contribution in [0.1, 0.15) is 12.5 Å². The Morgan fingerprint density at radius 2 is 1.36 bits per heavy atom. The van der Waals surface area contributed by atoms with Gasteiger partial charge in [-0.25, -0.2) is 0 Å². The minimum atomic E-state index is 1.15. The van der Waals surface area contributed by atoms with E-state index in [0.717, 1.165) is 3.75 Å². The van der Waals surface area contributed by atoms with Crippen molar-refractivity contribution in [1.82, 2.24) is 0 Å². The molecule has 0 saturated carbocycles. The Hall–Kier alpha value is -1.86. The average molecular weight is 388 g/mol. The molecule has 2 nitrogen and oxygen atoms in total. The zero-order valence-electron chi connectivity index (χ0n) is 13.7. The first-order valence-corrected chi connectivity index (χ1v) is 8.56. The van der Waals surface area contributed by atoms with Crippen molar-refractivity contribution in [2.45, 2.75) is 11.8 Å². The van der Waals surface area contributed by atoms with Gasteiger partial charge in [-0.2, -0.15) is 0 Å². The third kappa shape index (κ3) is 10.6. The van der Waals surface area contributed by atoms with E-state index in [0.29, 0.717) is 0 Å². The number of thioether (sulfide) groups is 1. The molecule has 0 spiro atoms. The molecule has 1 aliphatic rings. The minimum absolute atomic E-state index is 1.15. The van der Waals surface area contributed by atoms with Crippen molar-refractivity contribution < 1.29 is 24.9 Å². The molecule has 3 rings (SSSR count). The van der Waals surface area contributed by atoms with Crippen LogP contribution in [0.3, 0.4) is 0 Å². The van der Waals surface area contributed by atoms with E-state index in [1.165, 1.54) is 16.0 Å². The van der Waals surface area contributed by atoms with Gasteiger partial charge in [0.1, 0.15) is 0 Å². The standard InChI is InChI=1S/C13H10S.C6H7.2CO.Mn/c1-3-7-12(8-4-1)11-14-13-9-5-2-6-10-13;1-6-4-2-3-5-6;2*1-2;/h1-10H;2-5H,1H3;;;. The second-order valence-corrected chi connectivity index (χ2v) is 6.57. The van der Waals surface area contributed by atoms with Crippen molar-refractivity contribution in [2.24, 2.45) is 0 Å². The van der Waals surface area contributed by atoms with Crippen molar-refractivity contribution in [2.75, 3.05) is 0 Å². The Morgan fingerprint density at radius 3 is 1.76 bits per heavy atom. The Bertz CT molecular complexity index is 711. The first kappa shape index (κ1) is 23.1. The third-order valence-electron chi connectivity index (χ3n) is 2.78. The number of benzene rings is 2. The molecule has 4 heteroatoms. The zero-order valence-corrected chi connectivity index (χ0v) is 15.7. The maximum absolute atomic E-state index is 7.50. The summed E-state index contributed by atoms with van der Waals surface area (Å²) in [5, 5.41) is 0. The van der Waals surface area contributed by atoms with Crippen molar-refractivity contribution >= 4 is 15.5 Å². The molecule has 25 heavy (non-hydrogen) atoms. The summed E-state index contributed by atoms with van der Waals surface area (Å²) in [5.74, 6) is 0. The number of rotatable bonds is 3. The predicted octanol–water partition coefficient (Wildman–Crippen LogP) is 5.14. The summed E-state index contributed by atoms with van der Waals surface area (Å²) in [6.07, 6.45) is 8.24. The van der Waals surface area contributed by atoms with Gasteiger partial charge in [-0.3, -0.25) is 0 Å². The van der Waals surface area contributed by atoms with E-state index in [9.17, 15) is 0 Å². The number of hydrogen-bond acceptors (Lipinski definition) is 1. The van der Waals surface area contributed by atoms with Crippen LogP contribution in [0.5, 0.6) is 0 Å². The normalized spacial score (nSPS) is 10.5. The summed E-state index contributed by atoms with van der Waals surface area (Å²) in [6.45, 7) is 11.1. The summed E-state index contributed by atoms with van der Waals surface area (Å²) in [5.41, 5.74) is 2.56. The van der Waals surface area contributed by atoms with Gasteiger partial charge in [-0.15, -0.1) is 0 Å². The quantitative estimate of drug-likeness (QED) is 0.311. The van der Waals surface area contributed by atoms with Crippen LogP contribution in [-0.4, -0.2) is 3.75 Å². The van der Waals surface area contributed by atoms with Crippen LogP contribution in [0.4, 0.5) is 0 Å². The molecule has 1 radical (unpaired) electrons. The van der Waals surface area contributed by atoms with Crippen molar-refractivity contribution in [3.63, 3.8) is 0 Å². The van der Waals surface area contributed by atoms with E-state index >= 15 is 0 Å². The number of hydrogen-bond donors (Lipinski definition) is 0. The van der Waals surface area contributed by atoms with Gasteiger partial charge in [0.25, 0.3) is 0 Å². The van der Waals surface area contributed by atoms with E-state index < -0.39 is 0 Å². The molecule has 126 valence electrons. The fraction of sp³-hybridized carbons (Fsp3) is 0.0476. The van der Waals surface area contributed by atoms with Crippen LogP contribution in [0.15, 0.2) is 89.4 Å². The molecule has 0 aromatic heterocycles. The molecule has 0 heterocycles. The Labute approximate surface area is 161 Å². The molecule has 0 unspecified atom stereocenters. The van der Waals surface area contributed by atoms with E-state index in [2.05, 4.69) is 72.6 Å². The molecule has 2 aromatic rings. The topological polar surface area (TPSA) is 39.8 Å². The molecular formula is C21H17MnO2S. The summed E-state index contributed by atoms with van der Waals surface area (Å²) in [7, 11) is 0. The molecule has 0 bridgehead atoms. The van der Waals surface area contributed by atoms with E-state index in [1.807, 2.05) is 48.6 Å². The predicted molar refractivity (Wildman–Crippen MR) is 97.9 cm³/mol. The van der Waals surface area contributed by atoms with Crippen LogP contribution in [0.2, 0.25) is 0 Å². The molecule has 0 saturated heterocycles. The molecule has 0 fully saturated rings. The van der Waals surface area contributed by atoms with Gasteiger partial charge in [0.15, 0.2) is 0 Å². The van der Waals surface area contributed by atoms with Gasteiger partial charge in [-0.05, 0) is 6.92 Å². The molecule has 0 N–H and O–H groups in total. The molecule has 0 aliphatic heterocycles. The summed E-state index contributed by atoms with van der Waals surface area (Å²) in [6, 6.07) is 20.6. The molecular weight excluding hydrogens is 371 g/mol. The first-order chi connectivity index (χ1) is 12.3. The van der Waals surface area contributed by atoms with Gasteiger partial charge in [-0.1, -0.05) is 23.8 Å². The van der Waals surface area contributed by atoms with Crippen LogP contribution >= 0.6 is 11.8 Å². The Balaban J connectivity index is 0.000000481.